The van der Waals surface area contributed by atoms with Crippen LogP contribution in [0.25, 0.3) is 6.08 Å². The van der Waals surface area contributed by atoms with Crippen molar-refractivity contribution in [3.63, 3.8) is 0 Å². The van der Waals surface area contributed by atoms with E-state index in [-0.39, 0.29) is 23.4 Å². The zero-order valence-electron chi connectivity index (χ0n) is 21.7. The van der Waals surface area contributed by atoms with Crippen molar-refractivity contribution in [2.45, 2.75) is 13.2 Å². The Morgan fingerprint density at radius 1 is 0.732 bits per heavy atom. The molecule has 0 bridgehead atoms. The summed E-state index contributed by atoms with van der Waals surface area (Å²) in [5, 5.41) is 11.2. The second-order valence-electron chi connectivity index (χ2n) is 9.09. The molecule has 0 aromatic heterocycles. The van der Waals surface area contributed by atoms with Crippen molar-refractivity contribution in [3.8, 4) is 11.5 Å². The monoisotopic (exact) mass is 548 g/mol. The predicted octanol–water partition coefficient (Wildman–Crippen LogP) is 5.21. The van der Waals surface area contributed by atoms with Crippen LogP contribution in [0.3, 0.4) is 0 Å². The Kier molecular flexibility index (Phi) is 7.87. The van der Waals surface area contributed by atoms with Crippen molar-refractivity contribution in [1.29, 1.82) is 0 Å². The lowest BCUT2D eigenvalue weighted by molar-refractivity contribution is -0.122. The predicted molar refractivity (Wildman–Crippen MR) is 150 cm³/mol. The molecule has 0 unspecified atom stereocenters. The summed E-state index contributed by atoms with van der Waals surface area (Å²) in [6.45, 7) is 0.600. The van der Waals surface area contributed by atoms with Crippen molar-refractivity contribution < 1.29 is 33.8 Å². The average Bonchev–Trinajstić information content (AvgIpc) is 2.99. The number of nitrogens with zero attached hydrogens (tertiary/aromatic N) is 1. The highest BCUT2D eigenvalue weighted by Gasteiger charge is 2.36. The SMILES string of the molecule is O=C1NC(=O)N(c2ccc(OCc3ccccc3)cc2)C(=O)/C1=C/c1ccc(OCc2ccc(C(=O)O)cc2)cc1. The molecule has 4 aromatic rings. The minimum atomic E-state index is -0.998. The maximum absolute atomic E-state index is 13.2. The number of barbiturate groups is 1. The number of amides is 4. The minimum Gasteiger partial charge on any atom is -0.489 e. The van der Waals surface area contributed by atoms with E-state index in [1.54, 1.807) is 60.7 Å². The quantitative estimate of drug-likeness (QED) is 0.218. The molecule has 1 aliphatic rings. The third-order valence-corrected chi connectivity index (χ3v) is 6.24. The third kappa shape index (κ3) is 6.48. The summed E-state index contributed by atoms with van der Waals surface area (Å²) >= 11 is 0. The Hall–Kier alpha value is -5.70. The summed E-state index contributed by atoms with van der Waals surface area (Å²) in [4.78, 5) is 50.2. The van der Waals surface area contributed by atoms with Crippen molar-refractivity contribution in [3.05, 3.63) is 131 Å². The fraction of sp³-hybridized carbons (Fsp3) is 0.0625. The first-order chi connectivity index (χ1) is 19.9. The number of carbonyl (C=O) groups is 4. The Balaban J connectivity index is 1.24. The maximum Gasteiger partial charge on any atom is 0.335 e. The summed E-state index contributed by atoms with van der Waals surface area (Å²) in [7, 11) is 0. The van der Waals surface area contributed by atoms with Crippen LogP contribution in [0.15, 0.2) is 109 Å². The number of nitrogens with one attached hydrogen (secondary N) is 1. The molecule has 2 N–H and O–H groups in total. The highest BCUT2D eigenvalue weighted by molar-refractivity contribution is 6.39. The summed E-state index contributed by atoms with van der Waals surface area (Å²) in [6, 6.07) is 28.3. The second kappa shape index (κ2) is 12.0. The smallest absolute Gasteiger partial charge is 0.335 e. The molecule has 0 saturated carbocycles. The van der Waals surface area contributed by atoms with Gasteiger partial charge in [0.1, 0.15) is 30.3 Å². The number of imide groups is 2. The van der Waals surface area contributed by atoms with Crippen LogP contribution in [0.2, 0.25) is 0 Å². The molecule has 0 radical (unpaired) electrons. The summed E-state index contributed by atoms with van der Waals surface area (Å²) in [5.74, 6) is -1.43. The molecule has 9 nitrogen and oxygen atoms in total. The van der Waals surface area contributed by atoms with E-state index in [2.05, 4.69) is 5.32 Å². The zero-order valence-corrected chi connectivity index (χ0v) is 21.7. The topological polar surface area (TPSA) is 122 Å². The Morgan fingerprint density at radius 3 is 1.88 bits per heavy atom. The first-order valence-electron chi connectivity index (χ1n) is 12.6. The van der Waals surface area contributed by atoms with Crippen LogP contribution in [0, 0.1) is 0 Å². The summed E-state index contributed by atoms with van der Waals surface area (Å²) in [6.07, 6.45) is 1.41. The number of hydrogen-bond acceptors (Lipinski definition) is 6. The van der Waals surface area contributed by atoms with Gasteiger partial charge in [-0.3, -0.25) is 14.9 Å². The molecule has 1 saturated heterocycles. The number of carboxylic acids is 1. The van der Waals surface area contributed by atoms with E-state index in [1.807, 2.05) is 30.3 Å². The first kappa shape index (κ1) is 26.9. The number of anilines is 1. The lowest BCUT2D eigenvalue weighted by Crippen LogP contribution is -2.54. The van der Waals surface area contributed by atoms with Gasteiger partial charge in [0.2, 0.25) is 0 Å². The van der Waals surface area contributed by atoms with Crippen LogP contribution in [0.5, 0.6) is 11.5 Å². The van der Waals surface area contributed by atoms with Crippen molar-refractivity contribution in [2.75, 3.05) is 4.90 Å². The molecule has 41 heavy (non-hydrogen) atoms. The molecule has 204 valence electrons. The molecule has 0 atom stereocenters. The van der Waals surface area contributed by atoms with E-state index in [1.165, 1.54) is 18.2 Å². The second-order valence-corrected chi connectivity index (χ2v) is 9.09. The molecule has 5 rings (SSSR count). The first-order valence-corrected chi connectivity index (χ1v) is 12.6. The largest absolute Gasteiger partial charge is 0.489 e. The molecule has 9 heteroatoms. The fourth-order valence-electron chi connectivity index (χ4n) is 4.06. The minimum absolute atomic E-state index is 0.192. The molecule has 1 fully saturated rings. The molecule has 4 amide bonds. The Labute approximate surface area is 235 Å². The van der Waals surface area contributed by atoms with Gasteiger partial charge in [-0.25, -0.2) is 14.5 Å². The lowest BCUT2D eigenvalue weighted by Gasteiger charge is -2.26. The van der Waals surface area contributed by atoms with Crippen molar-refractivity contribution >= 4 is 35.6 Å². The molecule has 4 aromatic carbocycles. The number of rotatable bonds is 9. The number of benzene rings is 4. The third-order valence-electron chi connectivity index (χ3n) is 6.24. The van der Waals surface area contributed by atoms with Crippen LogP contribution >= 0.6 is 0 Å². The highest BCUT2D eigenvalue weighted by atomic mass is 16.5. The normalized spacial score (nSPS) is 14.1. The molecule has 1 heterocycles. The number of hydrogen-bond donors (Lipinski definition) is 2. The van der Waals surface area contributed by atoms with Gasteiger partial charge >= 0.3 is 12.0 Å². The van der Waals surface area contributed by atoms with E-state index in [4.69, 9.17) is 14.6 Å². The Morgan fingerprint density at radius 2 is 1.29 bits per heavy atom. The molecular formula is C32H24N2O7. The Bertz CT molecular complexity index is 1610. The van der Waals surface area contributed by atoms with Crippen molar-refractivity contribution in [2.24, 2.45) is 0 Å². The van der Waals surface area contributed by atoms with E-state index in [9.17, 15) is 19.2 Å². The summed E-state index contributed by atoms with van der Waals surface area (Å²) < 4.78 is 11.5. The number of ether oxygens (including phenoxy) is 2. The number of urea groups is 1. The van der Waals surface area contributed by atoms with Gasteiger partial charge in [0, 0.05) is 0 Å². The highest BCUT2D eigenvalue weighted by Crippen LogP contribution is 2.25. The van der Waals surface area contributed by atoms with E-state index < -0.39 is 23.8 Å². The van der Waals surface area contributed by atoms with Gasteiger partial charge in [-0.05, 0) is 71.3 Å². The van der Waals surface area contributed by atoms with Crippen LogP contribution in [-0.2, 0) is 22.8 Å². The van der Waals surface area contributed by atoms with Crippen LogP contribution in [-0.4, -0.2) is 28.9 Å². The van der Waals surface area contributed by atoms with Gasteiger partial charge in [-0.15, -0.1) is 0 Å². The number of aromatic carboxylic acids is 1. The van der Waals surface area contributed by atoms with Gasteiger partial charge < -0.3 is 14.6 Å². The van der Waals surface area contributed by atoms with Crippen LogP contribution in [0.4, 0.5) is 10.5 Å². The number of carbonyl (C=O) groups excluding carboxylic acids is 3. The van der Waals surface area contributed by atoms with Gasteiger partial charge in [-0.1, -0.05) is 54.6 Å². The number of carboxylic acid groups (broad SMARTS) is 1. The van der Waals surface area contributed by atoms with E-state index in [0.717, 1.165) is 16.0 Å². The zero-order chi connectivity index (χ0) is 28.8. The standard InChI is InChI=1S/C32H24N2O7/c35-29-28(18-21-8-14-26(15-9-21)41-20-23-6-10-24(11-7-23)31(37)38)30(36)34(32(39)33-29)25-12-16-27(17-13-25)40-19-22-4-2-1-3-5-22/h1-18H,19-20H2,(H,37,38)(H,33,35,39)/b28-18+. The lowest BCUT2D eigenvalue weighted by atomic mass is 10.1. The van der Waals surface area contributed by atoms with E-state index in [0.29, 0.717) is 23.7 Å². The van der Waals surface area contributed by atoms with Crippen molar-refractivity contribution in [1.82, 2.24) is 5.32 Å². The maximum atomic E-state index is 13.2. The average molecular weight is 549 g/mol. The molecule has 0 spiro atoms. The van der Waals surface area contributed by atoms with Gasteiger partial charge in [0.25, 0.3) is 11.8 Å². The van der Waals surface area contributed by atoms with Crippen LogP contribution < -0.4 is 19.7 Å². The van der Waals surface area contributed by atoms with Gasteiger partial charge in [0.05, 0.1) is 11.3 Å². The molecule has 1 aliphatic heterocycles. The van der Waals surface area contributed by atoms with Crippen LogP contribution in [0.1, 0.15) is 27.0 Å². The van der Waals surface area contributed by atoms with Gasteiger partial charge in [-0.2, -0.15) is 0 Å². The molecular weight excluding hydrogens is 524 g/mol. The summed E-state index contributed by atoms with van der Waals surface area (Å²) in [5.41, 5.74) is 2.64. The van der Waals surface area contributed by atoms with Gasteiger partial charge in [0.15, 0.2) is 0 Å². The molecule has 0 aliphatic carbocycles. The fourth-order valence-corrected chi connectivity index (χ4v) is 4.06. The van der Waals surface area contributed by atoms with E-state index >= 15 is 0 Å².